The Labute approximate surface area is 111 Å². The Hall–Kier alpha value is -0.770. The van der Waals surface area contributed by atoms with Crippen molar-refractivity contribution in [3.8, 4) is 0 Å². The molecule has 0 bridgehead atoms. The largest absolute Gasteiger partial charge is 0.380 e. The Morgan fingerprint density at radius 2 is 2.28 bits per heavy atom. The number of piperidine rings is 1. The first-order valence-corrected chi connectivity index (χ1v) is 7.24. The summed E-state index contributed by atoms with van der Waals surface area (Å²) >= 11 is 0. The first kappa shape index (κ1) is 13.7. The van der Waals surface area contributed by atoms with Crippen molar-refractivity contribution >= 4 is 5.96 Å². The summed E-state index contributed by atoms with van der Waals surface area (Å²) < 4.78 is 5.29. The third-order valence-electron chi connectivity index (χ3n) is 3.80. The molecular formula is C14H27N3O. The fourth-order valence-corrected chi connectivity index (χ4v) is 2.62. The zero-order valence-corrected chi connectivity index (χ0v) is 12.0. The van der Waals surface area contributed by atoms with Crippen LogP contribution in [0.2, 0.25) is 0 Å². The lowest BCUT2D eigenvalue weighted by molar-refractivity contribution is -0.0946. The molecule has 4 heteroatoms. The highest BCUT2D eigenvalue weighted by Gasteiger charge is 2.33. The molecule has 0 aromatic carbocycles. The highest BCUT2D eigenvalue weighted by atomic mass is 16.5. The summed E-state index contributed by atoms with van der Waals surface area (Å²) in [7, 11) is 0. The van der Waals surface area contributed by atoms with Gasteiger partial charge in [-0.1, -0.05) is 13.8 Å². The van der Waals surface area contributed by atoms with Gasteiger partial charge in [0.2, 0.25) is 0 Å². The maximum absolute atomic E-state index is 5.29. The van der Waals surface area contributed by atoms with Crippen molar-refractivity contribution in [1.29, 1.82) is 0 Å². The zero-order chi connectivity index (χ0) is 13.0. The zero-order valence-electron chi connectivity index (χ0n) is 12.0. The minimum atomic E-state index is 0.266. The molecule has 0 amide bonds. The Morgan fingerprint density at radius 1 is 1.50 bits per heavy atom. The van der Waals surface area contributed by atoms with Crippen molar-refractivity contribution in [2.75, 3.05) is 39.4 Å². The minimum Gasteiger partial charge on any atom is -0.380 e. The van der Waals surface area contributed by atoms with Gasteiger partial charge in [0.05, 0.1) is 19.8 Å². The van der Waals surface area contributed by atoms with Gasteiger partial charge in [0, 0.05) is 25.0 Å². The van der Waals surface area contributed by atoms with Crippen molar-refractivity contribution in [3.63, 3.8) is 0 Å². The maximum Gasteiger partial charge on any atom is 0.193 e. The predicted molar refractivity (Wildman–Crippen MR) is 74.9 cm³/mol. The lowest BCUT2D eigenvalue weighted by atomic mass is 9.89. The van der Waals surface area contributed by atoms with E-state index in [9.17, 15) is 0 Å². The predicted octanol–water partition coefficient (Wildman–Crippen LogP) is 1.72. The highest BCUT2D eigenvalue weighted by Crippen LogP contribution is 2.26. The molecular weight excluding hydrogens is 226 g/mol. The van der Waals surface area contributed by atoms with E-state index in [1.165, 1.54) is 12.8 Å². The molecule has 2 rings (SSSR count). The van der Waals surface area contributed by atoms with Gasteiger partial charge in [-0.2, -0.15) is 0 Å². The molecule has 0 saturated carbocycles. The second-order valence-electron chi connectivity index (χ2n) is 6.17. The third-order valence-corrected chi connectivity index (χ3v) is 3.80. The molecule has 1 atom stereocenters. The molecule has 0 aromatic rings. The first-order valence-electron chi connectivity index (χ1n) is 7.24. The van der Waals surface area contributed by atoms with E-state index in [2.05, 4.69) is 31.0 Å². The van der Waals surface area contributed by atoms with Crippen molar-refractivity contribution in [2.24, 2.45) is 16.3 Å². The number of aliphatic imine (C=N–C) groups is 1. The van der Waals surface area contributed by atoms with Crippen LogP contribution in [0.4, 0.5) is 0 Å². The molecule has 18 heavy (non-hydrogen) atoms. The number of guanidine groups is 1. The number of ether oxygens (including phenoxy) is 1. The maximum atomic E-state index is 5.29. The molecule has 1 N–H and O–H groups in total. The molecule has 0 aromatic heterocycles. The molecule has 0 radical (unpaired) electrons. The van der Waals surface area contributed by atoms with Crippen molar-refractivity contribution in [3.05, 3.63) is 0 Å². The Kier molecular flexibility index (Phi) is 4.49. The Morgan fingerprint density at radius 3 is 2.83 bits per heavy atom. The van der Waals surface area contributed by atoms with E-state index in [-0.39, 0.29) is 5.41 Å². The monoisotopic (exact) mass is 253 g/mol. The lowest BCUT2D eigenvalue weighted by Crippen LogP contribution is -2.48. The molecule has 0 spiro atoms. The standard InChI is InChI=1S/C14H27N3O/c1-4-15-13(16-9-14(3)10-18-11-14)17-7-5-6-12(2)8-17/h12H,4-11H2,1-3H3,(H,15,16). The van der Waals surface area contributed by atoms with Crippen molar-refractivity contribution in [1.82, 2.24) is 10.2 Å². The molecule has 4 nitrogen and oxygen atoms in total. The summed E-state index contributed by atoms with van der Waals surface area (Å²) in [5.74, 6) is 1.88. The second kappa shape index (κ2) is 5.91. The molecule has 2 saturated heterocycles. The average Bonchev–Trinajstić information content (AvgIpc) is 2.32. The minimum absolute atomic E-state index is 0.266. The third kappa shape index (κ3) is 3.37. The van der Waals surface area contributed by atoms with Crippen LogP contribution in [0, 0.1) is 11.3 Å². The fourth-order valence-electron chi connectivity index (χ4n) is 2.62. The summed E-state index contributed by atoms with van der Waals surface area (Å²) in [6, 6.07) is 0. The van der Waals surface area contributed by atoms with Crippen LogP contribution in [-0.2, 0) is 4.74 Å². The molecule has 2 aliphatic heterocycles. The van der Waals surface area contributed by atoms with Crippen LogP contribution in [0.5, 0.6) is 0 Å². The van der Waals surface area contributed by atoms with E-state index >= 15 is 0 Å². The van der Waals surface area contributed by atoms with Gasteiger partial charge in [0.15, 0.2) is 5.96 Å². The molecule has 104 valence electrons. The lowest BCUT2D eigenvalue weighted by Gasteiger charge is -2.38. The van der Waals surface area contributed by atoms with E-state index in [0.717, 1.165) is 51.3 Å². The highest BCUT2D eigenvalue weighted by molar-refractivity contribution is 5.80. The van der Waals surface area contributed by atoms with Crippen molar-refractivity contribution < 1.29 is 4.74 Å². The van der Waals surface area contributed by atoms with Crippen LogP contribution in [0.15, 0.2) is 4.99 Å². The fraction of sp³-hybridized carbons (Fsp3) is 0.929. The van der Waals surface area contributed by atoms with Gasteiger partial charge >= 0.3 is 0 Å². The smallest absolute Gasteiger partial charge is 0.193 e. The molecule has 2 aliphatic rings. The summed E-state index contributed by atoms with van der Waals surface area (Å²) in [5.41, 5.74) is 0.266. The number of rotatable bonds is 3. The van der Waals surface area contributed by atoms with Gasteiger partial charge in [0.25, 0.3) is 0 Å². The van der Waals surface area contributed by atoms with Gasteiger partial charge in [-0.05, 0) is 25.7 Å². The number of nitrogens with one attached hydrogen (secondary N) is 1. The quantitative estimate of drug-likeness (QED) is 0.614. The van der Waals surface area contributed by atoms with Crippen molar-refractivity contribution in [2.45, 2.75) is 33.6 Å². The van der Waals surface area contributed by atoms with Crippen LogP contribution in [0.1, 0.15) is 33.6 Å². The first-order chi connectivity index (χ1) is 8.63. The van der Waals surface area contributed by atoms with Crippen LogP contribution >= 0.6 is 0 Å². The van der Waals surface area contributed by atoms with Gasteiger partial charge in [-0.15, -0.1) is 0 Å². The summed E-state index contributed by atoms with van der Waals surface area (Å²) in [5, 5.41) is 3.43. The van der Waals surface area contributed by atoms with E-state index in [0.29, 0.717) is 0 Å². The SMILES string of the molecule is CCNC(=NCC1(C)COC1)N1CCCC(C)C1. The summed E-state index contributed by atoms with van der Waals surface area (Å²) in [6.07, 6.45) is 2.63. The normalized spacial score (nSPS) is 27.8. The molecule has 2 heterocycles. The van der Waals surface area contributed by atoms with Crippen LogP contribution in [0.25, 0.3) is 0 Å². The summed E-state index contributed by atoms with van der Waals surface area (Å²) in [4.78, 5) is 7.23. The van der Waals surface area contributed by atoms with E-state index < -0.39 is 0 Å². The van der Waals surface area contributed by atoms with E-state index in [1.807, 2.05) is 0 Å². The van der Waals surface area contributed by atoms with Gasteiger partial charge in [-0.25, -0.2) is 0 Å². The number of likely N-dealkylation sites (tertiary alicyclic amines) is 1. The molecule has 2 fully saturated rings. The average molecular weight is 253 g/mol. The molecule has 1 unspecified atom stereocenters. The van der Waals surface area contributed by atoms with Gasteiger partial charge in [-0.3, -0.25) is 4.99 Å². The molecule has 0 aliphatic carbocycles. The number of hydrogen-bond donors (Lipinski definition) is 1. The van der Waals surface area contributed by atoms with E-state index in [1.54, 1.807) is 0 Å². The van der Waals surface area contributed by atoms with Gasteiger partial charge in [0.1, 0.15) is 0 Å². The van der Waals surface area contributed by atoms with E-state index in [4.69, 9.17) is 9.73 Å². The topological polar surface area (TPSA) is 36.9 Å². The van der Waals surface area contributed by atoms with Gasteiger partial charge < -0.3 is 15.0 Å². The summed E-state index contributed by atoms with van der Waals surface area (Å²) in [6.45, 7) is 12.5. The second-order valence-corrected chi connectivity index (χ2v) is 6.17. The Bertz CT molecular complexity index is 299. The van der Waals surface area contributed by atoms with Crippen LogP contribution in [0.3, 0.4) is 0 Å². The number of hydrogen-bond acceptors (Lipinski definition) is 2. The van der Waals surface area contributed by atoms with Crippen LogP contribution in [-0.4, -0.2) is 50.3 Å². The Balaban J connectivity index is 1.95. The number of nitrogens with zero attached hydrogens (tertiary/aromatic N) is 2. The van der Waals surface area contributed by atoms with Crippen LogP contribution < -0.4 is 5.32 Å².